The molecule has 0 unspecified atom stereocenters. The van der Waals surface area contributed by atoms with Crippen LogP contribution >= 0.6 is 0 Å². The minimum Gasteiger partial charge on any atom is -0.507 e. The summed E-state index contributed by atoms with van der Waals surface area (Å²) in [6.07, 6.45) is -0.734. The molecule has 2 N–H and O–H groups in total. The Morgan fingerprint density at radius 3 is 2.78 bits per heavy atom. The van der Waals surface area contributed by atoms with E-state index in [1.807, 2.05) is 30.9 Å². The van der Waals surface area contributed by atoms with E-state index in [0.717, 1.165) is 11.5 Å². The van der Waals surface area contributed by atoms with Gasteiger partial charge in [0.1, 0.15) is 17.7 Å². The van der Waals surface area contributed by atoms with E-state index < -0.39 is 6.10 Å². The Balaban J connectivity index is 1.91. The number of β-amino-alcohol motifs (C(OH)–C–C–N with tert-alkyl or cyclic N) is 1. The number of benzene rings is 1. The quantitative estimate of drug-likeness (QED) is 0.895. The second-order valence-electron chi connectivity index (χ2n) is 5.67. The lowest BCUT2D eigenvalue weighted by Gasteiger charge is -2.18. The Kier molecular flexibility index (Phi) is 4.45. The van der Waals surface area contributed by atoms with Gasteiger partial charge in [-0.1, -0.05) is 12.1 Å². The SMILES string of the molecule is CCO[C@@H]1CN(c2cc(C)nc(-c3ccccc3O)n2)C[C@H]1O. The summed E-state index contributed by atoms with van der Waals surface area (Å²) in [5.74, 6) is 1.36. The van der Waals surface area contributed by atoms with Crippen LogP contribution in [0.15, 0.2) is 30.3 Å². The maximum absolute atomic E-state index is 10.1. The van der Waals surface area contributed by atoms with Gasteiger partial charge in [-0.25, -0.2) is 9.97 Å². The van der Waals surface area contributed by atoms with E-state index in [-0.39, 0.29) is 11.9 Å². The normalized spacial score (nSPS) is 20.9. The summed E-state index contributed by atoms with van der Waals surface area (Å²) >= 11 is 0. The summed E-state index contributed by atoms with van der Waals surface area (Å²) in [7, 11) is 0. The summed E-state index contributed by atoms with van der Waals surface area (Å²) in [4.78, 5) is 11.0. The van der Waals surface area contributed by atoms with Crippen LogP contribution < -0.4 is 4.90 Å². The molecule has 122 valence electrons. The van der Waals surface area contributed by atoms with Crippen LogP contribution in [0.25, 0.3) is 11.4 Å². The molecule has 0 spiro atoms. The number of phenolic OH excluding ortho intramolecular Hbond substituents is 1. The second kappa shape index (κ2) is 6.52. The van der Waals surface area contributed by atoms with Crippen LogP contribution in [0.5, 0.6) is 5.75 Å². The molecule has 1 fully saturated rings. The highest BCUT2D eigenvalue weighted by Gasteiger charge is 2.32. The monoisotopic (exact) mass is 315 g/mol. The summed E-state index contributed by atoms with van der Waals surface area (Å²) in [6.45, 7) is 5.44. The predicted molar refractivity (Wildman–Crippen MR) is 87.5 cm³/mol. The number of aryl methyl sites for hydroxylation is 1. The number of para-hydroxylation sites is 1. The van der Waals surface area contributed by atoms with Crippen LogP contribution in [-0.2, 0) is 4.74 Å². The Labute approximate surface area is 135 Å². The molecule has 0 bridgehead atoms. The third-order valence-electron chi connectivity index (χ3n) is 3.93. The fraction of sp³-hybridized carbons (Fsp3) is 0.412. The van der Waals surface area contributed by atoms with Crippen molar-refractivity contribution in [2.24, 2.45) is 0 Å². The van der Waals surface area contributed by atoms with Crippen LogP contribution in [0.3, 0.4) is 0 Å². The van der Waals surface area contributed by atoms with Gasteiger partial charge < -0.3 is 19.8 Å². The third-order valence-corrected chi connectivity index (χ3v) is 3.93. The summed E-state index contributed by atoms with van der Waals surface area (Å²) in [5.41, 5.74) is 1.40. The van der Waals surface area contributed by atoms with Crippen molar-refractivity contribution in [2.45, 2.75) is 26.1 Å². The zero-order valence-electron chi connectivity index (χ0n) is 13.3. The zero-order chi connectivity index (χ0) is 16.4. The van der Waals surface area contributed by atoms with E-state index in [1.165, 1.54) is 0 Å². The Morgan fingerprint density at radius 2 is 2.04 bits per heavy atom. The molecule has 2 aromatic rings. The van der Waals surface area contributed by atoms with Crippen molar-refractivity contribution < 1.29 is 14.9 Å². The molecular weight excluding hydrogens is 294 g/mol. The number of aromatic hydroxyl groups is 1. The molecule has 0 saturated carbocycles. The van der Waals surface area contributed by atoms with Gasteiger partial charge in [0, 0.05) is 31.5 Å². The van der Waals surface area contributed by atoms with Crippen molar-refractivity contribution in [3.05, 3.63) is 36.0 Å². The number of nitrogens with zero attached hydrogens (tertiary/aromatic N) is 3. The summed E-state index contributed by atoms with van der Waals surface area (Å²) < 4.78 is 5.56. The molecule has 2 heterocycles. The topological polar surface area (TPSA) is 78.7 Å². The van der Waals surface area contributed by atoms with E-state index in [9.17, 15) is 10.2 Å². The van der Waals surface area contributed by atoms with Gasteiger partial charge in [0.2, 0.25) is 0 Å². The minimum absolute atomic E-state index is 0.151. The number of anilines is 1. The molecule has 1 aliphatic rings. The van der Waals surface area contributed by atoms with Gasteiger partial charge >= 0.3 is 0 Å². The Morgan fingerprint density at radius 1 is 1.26 bits per heavy atom. The Hall–Kier alpha value is -2.18. The molecule has 0 amide bonds. The number of phenols is 1. The molecule has 6 heteroatoms. The number of hydrogen-bond donors (Lipinski definition) is 2. The fourth-order valence-electron chi connectivity index (χ4n) is 2.82. The van der Waals surface area contributed by atoms with Crippen molar-refractivity contribution in [3.8, 4) is 17.1 Å². The number of aliphatic hydroxyl groups excluding tert-OH is 1. The standard InChI is InChI=1S/C17H21N3O3/c1-3-23-15-10-20(9-14(15)22)16-8-11(2)18-17(19-16)12-6-4-5-7-13(12)21/h4-8,14-15,21-22H,3,9-10H2,1-2H3/t14-,15-/m1/s1. The lowest BCUT2D eigenvalue weighted by molar-refractivity contribution is -0.00189. The zero-order valence-corrected chi connectivity index (χ0v) is 13.3. The van der Waals surface area contributed by atoms with Gasteiger partial charge in [-0.2, -0.15) is 0 Å². The lowest BCUT2D eigenvalue weighted by atomic mass is 10.2. The number of rotatable bonds is 4. The van der Waals surface area contributed by atoms with Gasteiger partial charge in [0.25, 0.3) is 0 Å². The van der Waals surface area contributed by atoms with E-state index in [0.29, 0.717) is 31.1 Å². The van der Waals surface area contributed by atoms with Gasteiger partial charge in [-0.15, -0.1) is 0 Å². The first-order valence-corrected chi connectivity index (χ1v) is 7.77. The average Bonchev–Trinajstić information content (AvgIpc) is 2.89. The van der Waals surface area contributed by atoms with Gasteiger partial charge in [0.05, 0.1) is 11.7 Å². The lowest BCUT2D eigenvalue weighted by Crippen LogP contribution is -2.26. The highest BCUT2D eigenvalue weighted by molar-refractivity contribution is 5.65. The van der Waals surface area contributed by atoms with Crippen molar-refractivity contribution in [1.29, 1.82) is 0 Å². The number of ether oxygens (including phenoxy) is 1. The molecule has 3 rings (SSSR count). The highest BCUT2D eigenvalue weighted by atomic mass is 16.5. The molecule has 1 aromatic heterocycles. The van der Waals surface area contributed by atoms with E-state index in [4.69, 9.17) is 4.74 Å². The maximum atomic E-state index is 10.1. The number of hydrogen-bond acceptors (Lipinski definition) is 6. The van der Waals surface area contributed by atoms with E-state index >= 15 is 0 Å². The predicted octanol–water partition coefficient (Wildman–Crippen LogP) is 1.74. The summed E-state index contributed by atoms with van der Waals surface area (Å²) in [6, 6.07) is 8.88. The molecule has 1 saturated heterocycles. The van der Waals surface area contributed by atoms with E-state index in [2.05, 4.69) is 9.97 Å². The molecule has 0 aliphatic carbocycles. The molecule has 23 heavy (non-hydrogen) atoms. The first-order valence-electron chi connectivity index (χ1n) is 7.77. The molecule has 2 atom stereocenters. The van der Waals surface area contributed by atoms with Crippen LogP contribution in [0.2, 0.25) is 0 Å². The van der Waals surface area contributed by atoms with Crippen molar-refractivity contribution >= 4 is 5.82 Å². The van der Waals surface area contributed by atoms with Crippen molar-refractivity contribution in [3.63, 3.8) is 0 Å². The molecule has 0 radical (unpaired) electrons. The van der Waals surface area contributed by atoms with Crippen LogP contribution in [0, 0.1) is 6.92 Å². The minimum atomic E-state index is -0.529. The molecule has 1 aliphatic heterocycles. The van der Waals surface area contributed by atoms with Crippen LogP contribution in [0.4, 0.5) is 5.82 Å². The van der Waals surface area contributed by atoms with Gasteiger partial charge in [-0.05, 0) is 26.0 Å². The molecule has 1 aromatic carbocycles. The average molecular weight is 315 g/mol. The van der Waals surface area contributed by atoms with Gasteiger partial charge in [0.15, 0.2) is 5.82 Å². The highest BCUT2D eigenvalue weighted by Crippen LogP contribution is 2.29. The van der Waals surface area contributed by atoms with Gasteiger partial charge in [-0.3, -0.25) is 0 Å². The van der Waals surface area contributed by atoms with Crippen molar-refractivity contribution in [1.82, 2.24) is 9.97 Å². The molecule has 6 nitrogen and oxygen atoms in total. The smallest absolute Gasteiger partial charge is 0.165 e. The first-order chi connectivity index (χ1) is 11.1. The number of aliphatic hydroxyl groups is 1. The summed E-state index contributed by atoms with van der Waals surface area (Å²) in [5, 5.41) is 20.1. The third kappa shape index (κ3) is 3.28. The van der Waals surface area contributed by atoms with Crippen molar-refractivity contribution in [2.75, 3.05) is 24.6 Å². The fourth-order valence-corrected chi connectivity index (χ4v) is 2.82. The first kappa shape index (κ1) is 15.7. The second-order valence-corrected chi connectivity index (χ2v) is 5.67. The Bertz CT molecular complexity index is 693. The van der Waals surface area contributed by atoms with E-state index in [1.54, 1.807) is 18.2 Å². The van der Waals surface area contributed by atoms with Crippen LogP contribution in [-0.4, -0.2) is 52.1 Å². The number of aromatic nitrogens is 2. The largest absolute Gasteiger partial charge is 0.507 e. The maximum Gasteiger partial charge on any atom is 0.165 e. The molecular formula is C17H21N3O3. The van der Waals surface area contributed by atoms with Crippen LogP contribution in [0.1, 0.15) is 12.6 Å².